The summed E-state index contributed by atoms with van der Waals surface area (Å²) >= 11 is 5.00. The highest BCUT2D eigenvalue weighted by atomic mass is 32.1. The number of ether oxygens (including phenoxy) is 1. The first kappa shape index (κ1) is 14.4. The predicted octanol–water partition coefficient (Wildman–Crippen LogP) is 1.99. The Hall–Kier alpha value is -1.62. The van der Waals surface area contributed by atoms with Crippen LogP contribution in [-0.4, -0.2) is 23.6 Å². The molecule has 1 atom stereocenters. The quantitative estimate of drug-likeness (QED) is 0.630. The average molecular weight is 266 g/mol. The van der Waals surface area contributed by atoms with Crippen molar-refractivity contribution in [3.8, 4) is 0 Å². The standard InChI is InChI=1S/C13H18N2O2S/c1-4-17-13(16)9(3)15-11-8(2)6-5-7-10(11)12(14)18/h5-7,9,15H,4H2,1-3H3,(H2,14,18). The average Bonchev–Trinajstić information content (AvgIpc) is 2.31. The Morgan fingerprint density at radius 3 is 2.78 bits per heavy atom. The van der Waals surface area contributed by atoms with Gasteiger partial charge in [-0.05, 0) is 32.4 Å². The molecule has 0 aromatic heterocycles. The van der Waals surface area contributed by atoms with Gasteiger partial charge in [0.2, 0.25) is 0 Å². The lowest BCUT2D eigenvalue weighted by Gasteiger charge is -2.18. The maximum absolute atomic E-state index is 11.6. The van der Waals surface area contributed by atoms with Crippen molar-refractivity contribution in [3.63, 3.8) is 0 Å². The van der Waals surface area contributed by atoms with Crippen molar-refractivity contribution < 1.29 is 9.53 Å². The molecule has 1 rings (SSSR count). The normalized spacial score (nSPS) is 11.7. The molecule has 18 heavy (non-hydrogen) atoms. The molecule has 0 amide bonds. The summed E-state index contributed by atoms with van der Waals surface area (Å²) in [5.74, 6) is -0.297. The smallest absolute Gasteiger partial charge is 0.328 e. The molecule has 0 bridgehead atoms. The molecule has 0 heterocycles. The maximum Gasteiger partial charge on any atom is 0.328 e. The molecule has 1 unspecified atom stereocenters. The third kappa shape index (κ3) is 3.43. The fourth-order valence-corrected chi connectivity index (χ4v) is 1.78. The third-order valence-electron chi connectivity index (χ3n) is 2.54. The van der Waals surface area contributed by atoms with E-state index in [1.165, 1.54) is 0 Å². The number of anilines is 1. The van der Waals surface area contributed by atoms with Gasteiger partial charge < -0.3 is 15.8 Å². The molecule has 0 aliphatic rings. The van der Waals surface area contributed by atoms with Crippen LogP contribution in [0.5, 0.6) is 0 Å². The van der Waals surface area contributed by atoms with Gasteiger partial charge in [-0.15, -0.1) is 0 Å². The lowest BCUT2D eigenvalue weighted by Crippen LogP contribution is -2.29. The molecule has 0 radical (unpaired) electrons. The van der Waals surface area contributed by atoms with Crippen LogP contribution in [0, 0.1) is 6.92 Å². The molecule has 3 N–H and O–H groups in total. The van der Waals surface area contributed by atoms with E-state index in [1.807, 2.05) is 25.1 Å². The van der Waals surface area contributed by atoms with Gasteiger partial charge in [-0.2, -0.15) is 0 Å². The number of rotatable bonds is 5. The summed E-state index contributed by atoms with van der Waals surface area (Å²) in [5, 5.41) is 3.10. The highest BCUT2D eigenvalue weighted by Crippen LogP contribution is 2.21. The molecule has 0 spiro atoms. The van der Waals surface area contributed by atoms with Gasteiger partial charge in [-0.3, -0.25) is 0 Å². The van der Waals surface area contributed by atoms with Crippen molar-refractivity contribution in [2.45, 2.75) is 26.8 Å². The Labute approximate surface area is 113 Å². The second-order valence-electron chi connectivity index (χ2n) is 3.98. The van der Waals surface area contributed by atoms with Crippen molar-refractivity contribution in [2.75, 3.05) is 11.9 Å². The van der Waals surface area contributed by atoms with E-state index in [2.05, 4.69) is 5.32 Å². The van der Waals surface area contributed by atoms with E-state index < -0.39 is 6.04 Å². The summed E-state index contributed by atoms with van der Waals surface area (Å²) in [5.41, 5.74) is 8.17. The molecule has 98 valence electrons. The van der Waals surface area contributed by atoms with Crippen LogP contribution in [0.4, 0.5) is 5.69 Å². The number of hydrogen-bond donors (Lipinski definition) is 2. The van der Waals surface area contributed by atoms with E-state index in [1.54, 1.807) is 13.8 Å². The molecule has 5 heteroatoms. The largest absolute Gasteiger partial charge is 0.464 e. The monoisotopic (exact) mass is 266 g/mol. The number of carbonyl (C=O) groups is 1. The van der Waals surface area contributed by atoms with Crippen LogP contribution in [-0.2, 0) is 9.53 Å². The SMILES string of the molecule is CCOC(=O)C(C)Nc1c(C)cccc1C(N)=S. The topological polar surface area (TPSA) is 64.3 Å². The Kier molecular flexibility index (Phi) is 5.09. The van der Waals surface area contributed by atoms with Crippen molar-refractivity contribution >= 4 is 28.9 Å². The van der Waals surface area contributed by atoms with Gasteiger partial charge in [-0.1, -0.05) is 24.4 Å². The second-order valence-corrected chi connectivity index (χ2v) is 4.42. The summed E-state index contributed by atoms with van der Waals surface area (Å²) in [7, 11) is 0. The predicted molar refractivity (Wildman–Crippen MR) is 76.8 cm³/mol. The fraction of sp³-hybridized carbons (Fsp3) is 0.385. The number of aryl methyl sites for hydroxylation is 1. The minimum atomic E-state index is -0.445. The zero-order chi connectivity index (χ0) is 13.7. The molecule has 0 aliphatic heterocycles. The lowest BCUT2D eigenvalue weighted by molar-refractivity contribution is -0.143. The van der Waals surface area contributed by atoms with E-state index in [0.717, 1.165) is 16.8 Å². The number of nitrogens with one attached hydrogen (secondary N) is 1. The third-order valence-corrected chi connectivity index (χ3v) is 2.76. The minimum Gasteiger partial charge on any atom is -0.464 e. The van der Waals surface area contributed by atoms with E-state index >= 15 is 0 Å². The van der Waals surface area contributed by atoms with Gasteiger partial charge in [0, 0.05) is 11.3 Å². The highest BCUT2D eigenvalue weighted by Gasteiger charge is 2.17. The molecular formula is C13H18N2O2S. The van der Waals surface area contributed by atoms with Crippen LogP contribution < -0.4 is 11.1 Å². The number of nitrogens with two attached hydrogens (primary N) is 1. The molecule has 0 aliphatic carbocycles. The molecule has 1 aromatic rings. The van der Waals surface area contributed by atoms with Crippen LogP contribution in [0.25, 0.3) is 0 Å². The summed E-state index contributed by atoms with van der Waals surface area (Å²) in [4.78, 5) is 11.9. The van der Waals surface area contributed by atoms with E-state index in [4.69, 9.17) is 22.7 Å². The Balaban J connectivity index is 2.96. The van der Waals surface area contributed by atoms with Crippen LogP contribution in [0.15, 0.2) is 18.2 Å². The van der Waals surface area contributed by atoms with Gasteiger partial charge >= 0.3 is 5.97 Å². The van der Waals surface area contributed by atoms with Gasteiger partial charge in [0.1, 0.15) is 11.0 Å². The van der Waals surface area contributed by atoms with E-state index in [9.17, 15) is 4.79 Å². The number of esters is 1. The van der Waals surface area contributed by atoms with Crippen molar-refractivity contribution in [3.05, 3.63) is 29.3 Å². The van der Waals surface area contributed by atoms with Crippen molar-refractivity contribution in [1.82, 2.24) is 0 Å². The lowest BCUT2D eigenvalue weighted by atomic mass is 10.1. The first-order chi connectivity index (χ1) is 8.47. The summed E-state index contributed by atoms with van der Waals surface area (Å²) < 4.78 is 4.95. The Morgan fingerprint density at radius 1 is 1.56 bits per heavy atom. The number of benzene rings is 1. The Bertz CT molecular complexity index is 460. The van der Waals surface area contributed by atoms with Crippen molar-refractivity contribution in [1.29, 1.82) is 0 Å². The summed E-state index contributed by atoms with van der Waals surface area (Å²) in [6, 6.07) is 5.20. The molecule has 0 fully saturated rings. The number of carbonyl (C=O) groups excluding carboxylic acids is 1. The van der Waals surface area contributed by atoms with Crippen LogP contribution >= 0.6 is 12.2 Å². The number of para-hydroxylation sites is 1. The van der Waals surface area contributed by atoms with Crippen LogP contribution in [0.1, 0.15) is 25.0 Å². The first-order valence-electron chi connectivity index (χ1n) is 5.80. The highest BCUT2D eigenvalue weighted by molar-refractivity contribution is 7.80. The van der Waals surface area contributed by atoms with E-state index in [0.29, 0.717) is 11.6 Å². The van der Waals surface area contributed by atoms with Gasteiger partial charge in [-0.25, -0.2) is 4.79 Å². The number of hydrogen-bond acceptors (Lipinski definition) is 4. The molecule has 0 saturated heterocycles. The van der Waals surface area contributed by atoms with Gasteiger partial charge in [0.05, 0.1) is 6.61 Å². The zero-order valence-electron chi connectivity index (χ0n) is 10.8. The van der Waals surface area contributed by atoms with Crippen LogP contribution in [0.3, 0.4) is 0 Å². The van der Waals surface area contributed by atoms with Crippen molar-refractivity contribution in [2.24, 2.45) is 5.73 Å². The van der Waals surface area contributed by atoms with Crippen LogP contribution in [0.2, 0.25) is 0 Å². The zero-order valence-corrected chi connectivity index (χ0v) is 11.6. The molecule has 1 aromatic carbocycles. The maximum atomic E-state index is 11.6. The second kappa shape index (κ2) is 6.35. The molecular weight excluding hydrogens is 248 g/mol. The Morgan fingerprint density at radius 2 is 2.22 bits per heavy atom. The molecule has 0 saturated carbocycles. The summed E-state index contributed by atoms with van der Waals surface area (Å²) in [6.45, 7) is 5.81. The first-order valence-corrected chi connectivity index (χ1v) is 6.20. The van der Waals surface area contributed by atoms with Gasteiger partial charge in [0.15, 0.2) is 0 Å². The summed E-state index contributed by atoms with van der Waals surface area (Å²) in [6.07, 6.45) is 0. The minimum absolute atomic E-state index is 0.297. The van der Waals surface area contributed by atoms with E-state index in [-0.39, 0.29) is 5.97 Å². The molecule has 4 nitrogen and oxygen atoms in total. The number of thiocarbonyl (C=S) groups is 1. The fourth-order valence-electron chi connectivity index (χ4n) is 1.61. The van der Waals surface area contributed by atoms with Gasteiger partial charge in [0.25, 0.3) is 0 Å².